The monoisotopic (exact) mass is 535 g/mol. The maximum Gasteiger partial charge on any atom is 0.329 e. The first kappa shape index (κ1) is 24.0. The van der Waals surface area contributed by atoms with Crippen molar-refractivity contribution in [2.24, 2.45) is 0 Å². The zero-order chi connectivity index (χ0) is 24.8. The van der Waals surface area contributed by atoms with Crippen molar-refractivity contribution in [3.05, 3.63) is 94.1 Å². The summed E-state index contributed by atoms with van der Waals surface area (Å²) in [4.78, 5) is 38.7. The summed E-state index contributed by atoms with van der Waals surface area (Å²) in [5, 5.41) is 5.19. The lowest BCUT2D eigenvalue weighted by Gasteiger charge is -2.13. The SMILES string of the molecule is COc1ccccc1NC(=O)CN1C(=O)N/C(=C/c2ccccc2OCc2ccc(Br)cc2)C1=O. The van der Waals surface area contributed by atoms with Gasteiger partial charge in [0.05, 0.1) is 12.8 Å². The van der Waals surface area contributed by atoms with Crippen molar-refractivity contribution in [3.63, 3.8) is 0 Å². The first-order chi connectivity index (χ1) is 16.9. The van der Waals surface area contributed by atoms with Crippen LogP contribution in [-0.4, -0.2) is 36.4 Å². The second kappa shape index (κ2) is 10.9. The molecule has 0 radical (unpaired) electrons. The highest BCUT2D eigenvalue weighted by Crippen LogP contribution is 2.25. The lowest BCUT2D eigenvalue weighted by atomic mass is 10.1. The fraction of sp³-hybridized carbons (Fsp3) is 0.115. The van der Waals surface area contributed by atoms with Gasteiger partial charge in [-0.25, -0.2) is 9.69 Å². The van der Waals surface area contributed by atoms with Crippen LogP contribution >= 0.6 is 15.9 Å². The quantitative estimate of drug-likeness (QED) is 0.325. The predicted molar refractivity (Wildman–Crippen MR) is 135 cm³/mol. The molecule has 4 amide bonds. The van der Waals surface area contributed by atoms with Gasteiger partial charge >= 0.3 is 6.03 Å². The maximum atomic E-state index is 12.9. The van der Waals surface area contributed by atoms with Crippen LogP contribution in [-0.2, 0) is 16.2 Å². The molecule has 1 saturated heterocycles. The Bertz CT molecular complexity index is 1290. The van der Waals surface area contributed by atoms with Crippen molar-refractivity contribution in [1.29, 1.82) is 0 Å². The number of methoxy groups -OCH3 is 1. The van der Waals surface area contributed by atoms with E-state index < -0.39 is 24.4 Å². The van der Waals surface area contributed by atoms with Gasteiger partial charge in [-0.2, -0.15) is 0 Å². The minimum Gasteiger partial charge on any atom is -0.495 e. The molecule has 4 rings (SSSR count). The van der Waals surface area contributed by atoms with Crippen molar-refractivity contribution in [2.75, 3.05) is 19.0 Å². The number of amides is 4. The van der Waals surface area contributed by atoms with Crippen LogP contribution in [0.5, 0.6) is 11.5 Å². The Hall–Kier alpha value is -4.11. The zero-order valence-electron chi connectivity index (χ0n) is 18.8. The number of carbonyl (C=O) groups is 3. The number of ether oxygens (including phenoxy) is 2. The van der Waals surface area contributed by atoms with Gasteiger partial charge < -0.3 is 20.1 Å². The van der Waals surface area contributed by atoms with Crippen LogP contribution < -0.4 is 20.1 Å². The van der Waals surface area contributed by atoms with E-state index in [0.717, 1.165) is 14.9 Å². The molecule has 9 heteroatoms. The first-order valence-electron chi connectivity index (χ1n) is 10.7. The normalized spacial score (nSPS) is 14.1. The molecule has 1 fully saturated rings. The van der Waals surface area contributed by atoms with Crippen molar-refractivity contribution in [1.82, 2.24) is 10.2 Å². The van der Waals surface area contributed by atoms with E-state index >= 15 is 0 Å². The minimum atomic E-state index is -0.676. The van der Waals surface area contributed by atoms with Crippen molar-refractivity contribution < 1.29 is 23.9 Å². The number of halogens is 1. The number of nitrogens with zero attached hydrogens (tertiary/aromatic N) is 1. The highest BCUT2D eigenvalue weighted by Gasteiger charge is 2.35. The number of anilines is 1. The van der Waals surface area contributed by atoms with Crippen LogP contribution in [0.25, 0.3) is 6.08 Å². The van der Waals surface area contributed by atoms with Crippen molar-refractivity contribution >= 4 is 45.5 Å². The first-order valence-corrected chi connectivity index (χ1v) is 11.5. The number of hydrogen-bond donors (Lipinski definition) is 2. The Balaban J connectivity index is 1.45. The second-order valence-corrected chi connectivity index (χ2v) is 8.50. The van der Waals surface area contributed by atoms with E-state index in [4.69, 9.17) is 9.47 Å². The molecule has 1 heterocycles. The van der Waals surface area contributed by atoms with Crippen molar-refractivity contribution in [3.8, 4) is 11.5 Å². The van der Waals surface area contributed by atoms with Gasteiger partial charge in [-0.05, 0) is 42.0 Å². The van der Waals surface area contributed by atoms with Crippen LogP contribution in [0.4, 0.5) is 10.5 Å². The standard InChI is InChI=1S/C26H22BrN3O5/c1-34-23-9-5-3-7-20(23)28-24(31)15-30-25(32)21(29-26(30)33)14-18-6-2-4-8-22(18)35-16-17-10-12-19(27)13-11-17/h2-14H,15-16H2,1H3,(H,28,31)(H,29,33)/b21-14+. The summed E-state index contributed by atoms with van der Waals surface area (Å²) in [6.45, 7) is -0.106. The summed E-state index contributed by atoms with van der Waals surface area (Å²) in [6, 6.07) is 21.1. The largest absolute Gasteiger partial charge is 0.495 e. The number of urea groups is 1. The Labute approximate surface area is 210 Å². The average molecular weight is 536 g/mol. The lowest BCUT2D eigenvalue weighted by Crippen LogP contribution is -2.38. The fourth-order valence-electron chi connectivity index (χ4n) is 3.42. The summed E-state index contributed by atoms with van der Waals surface area (Å²) in [6.07, 6.45) is 1.54. The fourth-order valence-corrected chi connectivity index (χ4v) is 3.69. The molecule has 8 nitrogen and oxygen atoms in total. The van der Waals surface area contributed by atoms with E-state index in [2.05, 4.69) is 26.6 Å². The number of nitrogens with one attached hydrogen (secondary N) is 2. The highest BCUT2D eigenvalue weighted by atomic mass is 79.9. The number of para-hydroxylation sites is 3. The lowest BCUT2D eigenvalue weighted by molar-refractivity contribution is -0.127. The van der Waals surface area contributed by atoms with Gasteiger partial charge in [0.1, 0.15) is 30.3 Å². The van der Waals surface area contributed by atoms with Gasteiger partial charge in [-0.3, -0.25) is 9.59 Å². The number of benzene rings is 3. The Morgan fingerprint density at radius 1 is 1.00 bits per heavy atom. The number of carbonyl (C=O) groups excluding carboxylic acids is 3. The van der Waals surface area contributed by atoms with E-state index in [1.165, 1.54) is 13.2 Å². The third kappa shape index (κ3) is 5.88. The van der Waals surface area contributed by atoms with Crippen LogP contribution in [0.2, 0.25) is 0 Å². The molecule has 0 aromatic heterocycles. The smallest absolute Gasteiger partial charge is 0.329 e. The molecule has 0 bridgehead atoms. The second-order valence-electron chi connectivity index (χ2n) is 7.58. The van der Waals surface area contributed by atoms with Crippen LogP contribution in [0, 0.1) is 0 Å². The Kier molecular flexibility index (Phi) is 7.47. The van der Waals surface area contributed by atoms with Gasteiger partial charge in [0.15, 0.2) is 0 Å². The predicted octanol–water partition coefficient (Wildman–Crippen LogP) is 4.57. The topological polar surface area (TPSA) is 97.0 Å². The molecule has 3 aromatic carbocycles. The number of hydrogen-bond acceptors (Lipinski definition) is 5. The Morgan fingerprint density at radius 2 is 1.69 bits per heavy atom. The van der Waals surface area contributed by atoms with Gasteiger partial charge in [-0.1, -0.05) is 58.4 Å². The molecule has 3 aromatic rings. The third-order valence-electron chi connectivity index (χ3n) is 5.17. The molecule has 1 aliphatic heterocycles. The third-order valence-corrected chi connectivity index (χ3v) is 5.70. The molecular weight excluding hydrogens is 514 g/mol. The minimum absolute atomic E-state index is 0.0554. The summed E-state index contributed by atoms with van der Waals surface area (Å²) in [7, 11) is 1.49. The van der Waals surface area contributed by atoms with E-state index in [1.807, 2.05) is 30.3 Å². The maximum absolute atomic E-state index is 12.9. The van der Waals surface area contributed by atoms with Gasteiger partial charge in [0.2, 0.25) is 5.91 Å². The van der Waals surface area contributed by atoms with Gasteiger partial charge in [0, 0.05) is 10.0 Å². The zero-order valence-corrected chi connectivity index (χ0v) is 20.4. The average Bonchev–Trinajstić information content (AvgIpc) is 3.12. The number of imide groups is 1. The molecule has 2 N–H and O–H groups in total. The summed E-state index contributed by atoms with van der Waals surface area (Å²) in [5.74, 6) is -0.110. The molecule has 0 unspecified atom stereocenters. The van der Waals surface area contributed by atoms with Gasteiger partial charge in [-0.15, -0.1) is 0 Å². The summed E-state index contributed by atoms with van der Waals surface area (Å²) in [5.41, 5.74) is 2.10. The van der Waals surface area contributed by atoms with E-state index in [-0.39, 0.29) is 5.70 Å². The molecule has 0 aliphatic carbocycles. The van der Waals surface area contributed by atoms with Gasteiger partial charge in [0.25, 0.3) is 5.91 Å². The summed E-state index contributed by atoms with van der Waals surface area (Å²) < 4.78 is 12.1. The van der Waals surface area contributed by atoms with Crippen LogP contribution in [0.15, 0.2) is 83.0 Å². The van der Waals surface area contributed by atoms with E-state index in [0.29, 0.717) is 29.4 Å². The molecule has 0 spiro atoms. The molecule has 1 aliphatic rings. The van der Waals surface area contributed by atoms with Crippen molar-refractivity contribution in [2.45, 2.75) is 6.61 Å². The Morgan fingerprint density at radius 3 is 2.43 bits per heavy atom. The molecule has 178 valence electrons. The van der Waals surface area contributed by atoms with Crippen LogP contribution in [0.3, 0.4) is 0 Å². The number of rotatable bonds is 8. The molecule has 0 atom stereocenters. The molecule has 0 saturated carbocycles. The van der Waals surface area contributed by atoms with Crippen LogP contribution in [0.1, 0.15) is 11.1 Å². The van der Waals surface area contributed by atoms with E-state index in [9.17, 15) is 14.4 Å². The highest BCUT2D eigenvalue weighted by molar-refractivity contribution is 9.10. The molecular formula is C26H22BrN3O5. The molecule has 35 heavy (non-hydrogen) atoms. The summed E-state index contributed by atoms with van der Waals surface area (Å²) >= 11 is 3.41. The van der Waals surface area contributed by atoms with E-state index in [1.54, 1.807) is 42.5 Å².